The highest BCUT2D eigenvalue weighted by Crippen LogP contribution is 2.30. The Bertz CT molecular complexity index is 458. The van der Waals surface area contributed by atoms with Gasteiger partial charge in [0.25, 0.3) is 0 Å². The summed E-state index contributed by atoms with van der Waals surface area (Å²) in [4.78, 5) is 0. The zero-order chi connectivity index (χ0) is 13.2. The van der Waals surface area contributed by atoms with Crippen LogP contribution in [0.5, 0.6) is 0 Å². The molecule has 3 nitrogen and oxygen atoms in total. The molecule has 1 saturated heterocycles. The fourth-order valence-corrected chi connectivity index (χ4v) is 1.60. The molecule has 0 aliphatic carbocycles. The minimum absolute atomic E-state index is 0.358. The second kappa shape index (κ2) is 4.50. The molecule has 0 amide bonds. The number of nitrogens with one attached hydrogen (secondary N) is 1. The highest BCUT2D eigenvalue weighted by Gasteiger charge is 2.38. The Labute approximate surface area is 102 Å². The molecule has 1 aromatic carbocycles. The predicted molar refractivity (Wildman–Crippen MR) is 58.8 cm³/mol. The monoisotopic (exact) mass is 256 g/mol. The summed E-state index contributed by atoms with van der Waals surface area (Å²) in [5.41, 5.74) is -0.678. The van der Waals surface area contributed by atoms with Gasteiger partial charge in [-0.15, -0.1) is 0 Å². The molecule has 0 bridgehead atoms. The highest BCUT2D eigenvalue weighted by atomic mass is 19.4. The molecular weight excluding hydrogens is 245 g/mol. The van der Waals surface area contributed by atoms with Crippen LogP contribution in [-0.2, 0) is 10.9 Å². The number of alkyl halides is 3. The van der Waals surface area contributed by atoms with Crippen LogP contribution in [0.3, 0.4) is 0 Å². The van der Waals surface area contributed by atoms with E-state index < -0.39 is 17.2 Å². The Morgan fingerprint density at radius 2 is 1.89 bits per heavy atom. The number of nitrogens with zero attached hydrogens (tertiary/aromatic N) is 1. The topological polar surface area (TPSA) is 45.0 Å². The average molecular weight is 256 g/mol. The lowest BCUT2D eigenvalue weighted by molar-refractivity contribution is -0.137. The van der Waals surface area contributed by atoms with Gasteiger partial charge in [0.15, 0.2) is 0 Å². The van der Waals surface area contributed by atoms with Crippen LogP contribution in [0.25, 0.3) is 0 Å². The first-order valence-corrected chi connectivity index (χ1v) is 5.35. The largest absolute Gasteiger partial charge is 0.416 e. The van der Waals surface area contributed by atoms with Crippen LogP contribution in [0, 0.1) is 16.7 Å². The van der Waals surface area contributed by atoms with Crippen molar-refractivity contribution in [2.75, 3.05) is 25.1 Å². The number of ether oxygens (including phenoxy) is 1. The van der Waals surface area contributed by atoms with Crippen LogP contribution in [0.2, 0.25) is 0 Å². The minimum atomic E-state index is -4.33. The summed E-state index contributed by atoms with van der Waals surface area (Å²) in [7, 11) is 0. The Kier molecular flexibility index (Phi) is 3.18. The molecule has 1 aliphatic rings. The SMILES string of the molecule is N#CC1(CNc2ccc(C(F)(F)F)cc2)COC1. The quantitative estimate of drug-likeness (QED) is 0.904. The van der Waals surface area contributed by atoms with Crippen molar-refractivity contribution in [2.45, 2.75) is 6.18 Å². The molecule has 0 unspecified atom stereocenters. The van der Waals surface area contributed by atoms with E-state index in [0.29, 0.717) is 25.4 Å². The van der Waals surface area contributed by atoms with Crippen molar-refractivity contribution in [3.8, 4) is 6.07 Å². The highest BCUT2D eigenvalue weighted by molar-refractivity contribution is 5.45. The van der Waals surface area contributed by atoms with Crippen molar-refractivity contribution in [1.82, 2.24) is 0 Å². The van der Waals surface area contributed by atoms with Gasteiger partial charge < -0.3 is 10.1 Å². The van der Waals surface area contributed by atoms with Crippen LogP contribution in [0.1, 0.15) is 5.56 Å². The van der Waals surface area contributed by atoms with Gasteiger partial charge in [-0.1, -0.05) is 0 Å². The van der Waals surface area contributed by atoms with Crippen molar-refractivity contribution >= 4 is 5.69 Å². The van der Waals surface area contributed by atoms with Crippen LogP contribution < -0.4 is 5.32 Å². The van der Waals surface area contributed by atoms with Crippen molar-refractivity contribution in [1.29, 1.82) is 5.26 Å². The zero-order valence-electron chi connectivity index (χ0n) is 9.42. The fourth-order valence-electron chi connectivity index (χ4n) is 1.60. The van der Waals surface area contributed by atoms with E-state index in [9.17, 15) is 13.2 Å². The van der Waals surface area contributed by atoms with E-state index in [0.717, 1.165) is 12.1 Å². The number of benzene rings is 1. The van der Waals surface area contributed by atoms with Gasteiger partial charge in [0, 0.05) is 12.2 Å². The van der Waals surface area contributed by atoms with Crippen molar-refractivity contribution in [3.05, 3.63) is 29.8 Å². The van der Waals surface area contributed by atoms with E-state index in [1.807, 2.05) is 0 Å². The summed E-state index contributed by atoms with van der Waals surface area (Å²) >= 11 is 0. The number of rotatable bonds is 3. The number of nitriles is 1. The first-order chi connectivity index (χ1) is 8.45. The smallest absolute Gasteiger partial charge is 0.383 e. The number of anilines is 1. The summed E-state index contributed by atoms with van der Waals surface area (Å²) in [5.74, 6) is 0. The third-order valence-electron chi connectivity index (χ3n) is 2.84. The van der Waals surface area contributed by atoms with E-state index in [4.69, 9.17) is 10.00 Å². The summed E-state index contributed by atoms with van der Waals surface area (Å²) in [6.45, 7) is 1.09. The Morgan fingerprint density at radius 3 is 2.28 bits per heavy atom. The summed E-state index contributed by atoms with van der Waals surface area (Å²) in [6.07, 6.45) is -4.33. The van der Waals surface area contributed by atoms with Gasteiger partial charge in [0.1, 0.15) is 5.41 Å². The fraction of sp³-hybridized carbons (Fsp3) is 0.417. The lowest BCUT2D eigenvalue weighted by Crippen LogP contribution is -2.46. The predicted octanol–water partition coefficient (Wildman–Crippen LogP) is 2.66. The molecular formula is C12H11F3N2O. The molecule has 1 N–H and O–H groups in total. The van der Waals surface area contributed by atoms with Gasteiger partial charge in [0.2, 0.25) is 0 Å². The molecule has 96 valence electrons. The zero-order valence-corrected chi connectivity index (χ0v) is 9.42. The van der Waals surface area contributed by atoms with Gasteiger partial charge in [-0.05, 0) is 24.3 Å². The minimum Gasteiger partial charge on any atom is -0.383 e. The molecule has 1 fully saturated rings. The first kappa shape index (κ1) is 12.7. The molecule has 2 rings (SSSR count). The third-order valence-corrected chi connectivity index (χ3v) is 2.84. The van der Waals surface area contributed by atoms with Crippen molar-refractivity contribution < 1.29 is 17.9 Å². The van der Waals surface area contributed by atoms with E-state index in [-0.39, 0.29) is 0 Å². The van der Waals surface area contributed by atoms with E-state index in [1.165, 1.54) is 12.1 Å². The van der Waals surface area contributed by atoms with Crippen LogP contribution in [0.15, 0.2) is 24.3 Å². The van der Waals surface area contributed by atoms with Crippen molar-refractivity contribution in [3.63, 3.8) is 0 Å². The molecule has 18 heavy (non-hydrogen) atoms. The third kappa shape index (κ3) is 2.57. The standard InChI is InChI=1S/C12H11F3N2O/c13-12(14,15)9-1-3-10(4-2-9)17-6-11(5-16)7-18-8-11/h1-4,17H,6-8H2. The Hall–Kier alpha value is -1.74. The maximum atomic E-state index is 12.3. The van der Waals surface area contributed by atoms with E-state index in [1.54, 1.807) is 0 Å². The molecule has 0 spiro atoms. The van der Waals surface area contributed by atoms with Gasteiger partial charge in [-0.25, -0.2) is 0 Å². The maximum absolute atomic E-state index is 12.3. The normalized spacial score (nSPS) is 17.7. The number of hydrogen-bond acceptors (Lipinski definition) is 3. The lowest BCUT2D eigenvalue weighted by atomic mass is 9.88. The average Bonchev–Trinajstić information content (AvgIpc) is 2.28. The van der Waals surface area contributed by atoms with Gasteiger partial charge >= 0.3 is 6.18 Å². The lowest BCUT2D eigenvalue weighted by Gasteiger charge is -2.35. The summed E-state index contributed by atoms with van der Waals surface area (Å²) < 4.78 is 42.0. The number of halogens is 3. The molecule has 1 aliphatic heterocycles. The Morgan fingerprint density at radius 1 is 1.28 bits per heavy atom. The van der Waals surface area contributed by atoms with Crippen molar-refractivity contribution in [2.24, 2.45) is 5.41 Å². The second-order valence-corrected chi connectivity index (χ2v) is 4.31. The van der Waals surface area contributed by atoms with Crippen LogP contribution >= 0.6 is 0 Å². The molecule has 0 radical (unpaired) electrons. The molecule has 1 aromatic rings. The van der Waals surface area contributed by atoms with E-state index >= 15 is 0 Å². The molecule has 0 atom stereocenters. The van der Waals surface area contributed by atoms with Gasteiger partial charge in [-0.3, -0.25) is 0 Å². The molecule has 0 aromatic heterocycles. The first-order valence-electron chi connectivity index (χ1n) is 5.35. The van der Waals surface area contributed by atoms with Gasteiger partial charge in [0.05, 0.1) is 24.8 Å². The molecule has 6 heteroatoms. The summed E-state index contributed by atoms with van der Waals surface area (Å²) in [5, 5.41) is 11.9. The maximum Gasteiger partial charge on any atom is 0.416 e. The van der Waals surface area contributed by atoms with E-state index in [2.05, 4.69) is 11.4 Å². The van der Waals surface area contributed by atoms with Crippen LogP contribution in [0.4, 0.5) is 18.9 Å². The van der Waals surface area contributed by atoms with Gasteiger partial charge in [-0.2, -0.15) is 18.4 Å². The Balaban J connectivity index is 1.97. The second-order valence-electron chi connectivity index (χ2n) is 4.31. The van der Waals surface area contributed by atoms with Crippen LogP contribution in [-0.4, -0.2) is 19.8 Å². The molecule has 1 heterocycles. The molecule has 0 saturated carbocycles. The summed E-state index contributed by atoms with van der Waals surface area (Å²) in [6, 6.07) is 6.89. The number of hydrogen-bond donors (Lipinski definition) is 1.